The zero-order valence-electron chi connectivity index (χ0n) is 16.3. The van der Waals surface area contributed by atoms with E-state index in [2.05, 4.69) is 65.7 Å². The molecule has 3 rings (SSSR count). The van der Waals surface area contributed by atoms with Crippen molar-refractivity contribution in [2.24, 2.45) is 5.41 Å². The Hall–Kier alpha value is -2.36. The molecular weight excluding hydrogens is 310 g/mol. The summed E-state index contributed by atoms with van der Waals surface area (Å²) < 4.78 is 3.55. The van der Waals surface area contributed by atoms with Crippen LogP contribution in [0.3, 0.4) is 0 Å². The maximum atomic E-state index is 12.5. The van der Waals surface area contributed by atoms with Gasteiger partial charge in [0.15, 0.2) is 5.69 Å². The number of pyridine rings is 1. The van der Waals surface area contributed by atoms with E-state index >= 15 is 0 Å². The molecule has 0 fully saturated rings. The summed E-state index contributed by atoms with van der Waals surface area (Å²) >= 11 is 0. The fourth-order valence-corrected chi connectivity index (χ4v) is 3.24. The summed E-state index contributed by atoms with van der Waals surface area (Å²) in [5.41, 5.74) is 4.52. The summed E-state index contributed by atoms with van der Waals surface area (Å²) in [6, 6.07) is 3.71. The minimum Gasteiger partial charge on any atom is -0.686 e. The highest BCUT2D eigenvalue weighted by molar-refractivity contribution is 5.76. The Labute approximate surface area is 148 Å². The maximum absolute atomic E-state index is 12.5. The summed E-state index contributed by atoms with van der Waals surface area (Å²) in [7, 11) is 0. The van der Waals surface area contributed by atoms with Crippen molar-refractivity contribution in [3.63, 3.8) is 0 Å². The van der Waals surface area contributed by atoms with Gasteiger partial charge in [-0.1, -0.05) is 60.1 Å². The molecule has 2 aromatic heterocycles. The van der Waals surface area contributed by atoms with Crippen LogP contribution in [0.1, 0.15) is 54.2 Å². The molecule has 132 valence electrons. The van der Waals surface area contributed by atoms with Crippen LogP contribution >= 0.6 is 0 Å². The van der Waals surface area contributed by atoms with Gasteiger partial charge in [-0.05, 0) is 5.41 Å². The van der Waals surface area contributed by atoms with Gasteiger partial charge in [0.1, 0.15) is 12.9 Å². The van der Waals surface area contributed by atoms with Crippen molar-refractivity contribution in [2.75, 3.05) is 0 Å². The van der Waals surface area contributed by atoms with Crippen LogP contribution in [0.15, 0.2) is 34.9 Å². The second kappa shape index (κ2) is 5.32. The molecule has 2 aromatic rings. The Morgan fingerprint density at radius 3 is 2.32 bits per heavy atom. The molecule has 25 heavy (non-hydrogen) atoms. The van der Waals surface area contributed by atoms with Crippen molar-refractivity contribution < 1.29 is 8.64 Å². The minimum atomic E-state index is -0.156. The van der Waals surface area contributed by atoms with Crippen LogP contribution in [-0.4, -0.2) is 0 Å². The molecule has 0 radical (unpaired) electrons. The van der Waals surface area contributed by atoms with Gasteiger partial charge in [0.05, 0.1) is 6.07 Å². The van der Waals surface area contributed by atoms with Crippen molar-refractivity contribution in [2.45, 2.75) is 53.9 Å². The van der Waals surface area contributed by atoms with Gasteiger partial charge in [-0.15, -0.1) is 10.3 Å². The minimum absolute atomic E-state index is 0.0293. The van der Waals surface area contributed by atoms with Gasteiger partial charge in [0.2, 0.25) is 0 Å². The molecular formula is C21H27N3O. The van der Waals surface area contributed by atoms with Gasteiger partial charge in [-0.25, -0.2) is 4.79 Å². The Kier molecular flexibility index (Phi) is 3.71. The normalized spacial score (nSPS) is 15.0. The molecule has 4 nitrogen and oxygen atoms in total. The van der Waals surface area contributed by atoms with Gasteiger partial charge in [0, 0.05) is 10.6 Å². The largest absolute Gasteiger partial charge is 0.686 e. The van der Waals surface area contributed by atoms with Gasteiger partial charge in [-0.2, -0.15) is 15.8 Å². The Bertz CT molecular complexity index is 1070. The van der Waals surface area contributed by atoms with Crippen molar-refractivity contribution in [3.05, 3.63) is 63.4 Å². The van der Waals surface area contributed by atoms with Crippen molar-refractivity contribution in [1.29, 1.82) is 0 Å². The average molecular weight is 337 g/mol. The van der Waals surface area contributed by atoms with Gasteiger partial charge < -0.3 is 5.32 Å². The number of hydrogen-bond donors (Lipinski definition) is 0. The summed E-state index contributed by atoms with van der Waals surface area (Å²) in [4.78, 5) is 12.5. The number of allylic oxidation sites excluding steroid dienone is 2. The zero-order valence-corrected chi connectivity index (χ0v) is 16.3. The molecule has 0 N–H and O–H groups in total. The van der Waals surface area contributed by atoms with Crippen LogP contribution < -0.4 is 19.4 Å². The molecule has 4 heteroatoms. The lowest BCUT2D eigenvalue weighted by Gasteiger charge is -2.41. The summed E-state index contributed by atoms with van der Waals surface area (Å²) in [6.45, 7) is 18.9. The number of aromatic nitrogens is 2. The second-order valence-electron chi connectivity index (χ2n) is 8.89. The summed E-state index contributed by atoms with van der Waals surface area (Å²) in [5, 5.41) is 5.84. The first-order chi connectivity index (χ1) is 11.4. The van der Waals surface area contributed by atoms with Gasteiger partial charge in [0.25, 0.3) is 0 Å². The van der Waals surface area contributed by atoms with E-state index in [-0.39, 0.29) is 16.4 Å². The highest BCUT2D eigenvalue weighted by atomic mass is 16.1. The van der Waals surface area contributed by atoms with Gasteiger partial charge in [-0.3, -0.25) is 0 Å². The molecule has 0 amide bonds. The SMILES string of the molecule is C=[n+]1c(=O)cc(C(C)(C)C)[n+]2ccc3c([c-]12)=C(C)C=C(C(C)(C)C)[N-]3. The molecule has 0 spiro atoms. The molecule has 0 saturated heterocycles. The zero-order chi connectivity index (χ0) is 18.7. The predicted molar refractivity (Wildman–Crippen MR) is 100 cm³/mol. The Morgan fingerprint density at radius 1 is 1.12 bits per heavy atom. The van der Waals surface area contributed by atoms with E-state index in [4.69, 9.17) is 5.32 Å². The third-order valence-corrected chi connectivity index (χ3v) is 4.66. The van der Waals surface area contributed by atoms with E-state index in [9.17, 15) is 4.79 Å². The fourth-order valence-electron chi connectivity index (χ4n) is 3.24. The van der Waals surface area contributed by atoms with Crippen LogP contribution in [0.2, 0.25) is 0 Å². The smallest absolute Gasteiger partial charge is 0.399 e. The molecule has 0 atom stereocenters. The Balaban J connectivity index is 2.54. The van der Waals surface area contributed by atoms with Crippen LogP contribution in [0.5, 0.6) is 0 Å². The molecule has 0 aliphatic carbocycles. The first-order valence-corrected chi connectivity index (χ1v) is 8.65. The Morgan fingerprint density at radius 2 is 1.76 bits per heavy atom. The monoisotopic (exact) mass is 337 g/mol. The van der Waals surface area contributed by atoms with Crippen LogP contribution in [0, 0.1) is 12.1 Å². The number of nitrogens with zero attached hydrogens (tertiary/aromatic N) is 3. The molecule has 0 saturated carbocycles. The highest BCUT2D eigenvalue weighted by Crippen LogP contribution is 2.37. The number of hydrogen-bond acceptors (Lipinski definition) is 1. The van der Waals surface area contributed by atoms with E-state index < -0.39 is 0 Å². The standard InChI is InChI=1S/C21H27N3O/c1-13-11-15(20(2,3)4)22-14-9-10-24-16(21(5,6)7)12-17(25)23(8)19(24)18(13)14/h9-12H,8H2,1-7H3. The first kappa shape index (κ1) is 17.5. The quantitative estimate of drug-likeness (QED) is 0.538. The third kappa shape index (κ3) is 2.80. The molecule has 1 aliphatic heterocycles. The van der Waals surface area contributed by atoms with Crippen molar-refractivity contribution in [3.8, 4) is 0 Å². The van der Waals surface area contributed by atoms with Crippen LogP contribution in [-0.2, 0) is 5.41 Å². The highest BCUT2D eigenvalue weighted by Gasteiger charge is 2.27. The first-order valence-electron chi connectivity index (χ1n) is 8.65. The lowest BCUT2D eigenvalue weighted by Crippen LogP contribution is -2.52. The van der Waals surface area contributed by atoms with Crippen molar-refractivity contribution in [1.82, 2.24) is 0 Å². The van der Waals surface area contributed by atoms with Crippen LogP contribution in [0.4, 0.5) is 5.69 Å². The lowest BCUT2D eigenvalue weighted by molar-refractivity contribution is -0.632. The van der Waals surface area contributed by atoms with E-state index in [1.807, 2.05) is 12.3 Å². The molecule has 3 heterocycles. The topological polar surface area (TPSA) is 41.2 Å². The van der Waals surface area contributed by atoms with E-state index in [1.54, 1.807) is 6.07 Å². The molecule has 1 aliphatic rings. The summed E-state index contributed by atoms with van der Waals surface area (Å²) in [5.74, 6) is 0. The van der Waals surface area contributed by atoms with E-state index in [1.165, 1.54) is 4.24 Å². The number of rotatable bonds is 0. The van der Waals surface area contributed by atoms with E-state index in [0.717, 1.165) is 33.5 Å². The van der Waals surface area contributed by atoms with Crippen molar-refractivity contribution >= 4 is 16.9 Å². The lowest BCUT2D eigenvalue weighted by atomic mass is 9.88. The third-order valence-electron chi connectivity index (χ3n) is 4.66. The van der Waals surface area contributed by atoms with Crippen LogP contribution in [0.25, 0.3) is 16.5 Å². The predicted octanol–water partition coefficient (Wildman–Crippen LogP) is 2.85. The van der Waals surface area contributed by atoms with E-state index in [0.29, 0.717) is 0 Å². The molecule has 0 aromatic carbocycles. The number of fused-ring (bicyclic) bond motifs is 3. The molecule has 0 bridgehead atoms. The van der Waals surface area contributed by atoms with Gasteiger partial charge >= 0.3 is 11.2 Å². The summed E-state index contributed by atoms with van der Waals surface area (Å²) in [6.07, 6.45) is 4.12. The second-order valence-corrected chi connectivity index (χ2v) is 8.89. The maximum Gasteiger partial charge on any atom is 0.399 e. The average Bonchev–Trinajstić information content (AvgIpc) is 2.48. The molecule has 0 unspecified atom stereocenters. The fraction of sp³-hybridized carbons (Fsp3) is 0.429.